The van der Waals surface area contributed by atoms with Gasteiger partial charge in [0.05, 0.1) is 38.1 Å². The number of aliphatic hydroxyl groups is 11. The van der Waals surface area contributed by atoms with Gasteiger partial charge >= 0.3 is 0 Å². The molecule has 18 atom stereocenters. The summed E-state index contributed by atoms with van der Waals surface area (Å²) in [5, 5.41) is 114. The van der Waals surface area contributed by atoms with E-state index in [0.29, 0.717) is 31.3 Å². The second-order valence-electron chi connectivity index (χ2n) is 15.2. The maximum absolute atomic E-state index is 11.4. The van der Waals surface area contributed by atoms with E-state index in [1.54, 1.807) is 0 Å². The van der Waals surface area contributed by atoms with Crippen molar-refractivity contribution in [3.63, 3.8) is 0 Å². The van der Waals surface area contributed by atoms with Crippen LogP contribution in [-0.4, -0.2) is 180 Å². The second kappa shape index (κ2) is 14.8. The molecule has 0 amide bonds. The Balaban J connectivity index is 1.21. The van der Waals surface area contributed by atoms with E-state index in [1.807, 2.05) is 20.8 Å². The van der Waals surface area contributed by atoms with E-state index in [2.05, 4.69) is 6.58 Å². The summed E-state index contributed by atoms with van der Waals surface area (Å²) in [4.78, 5) is 0. The highest BCUT2D eigenvalue weighted by molar-refractivity contribution is 5.20. The van der Waals surface area contributed by atoms with Gasteiger partial charge in [-0.2, -0.15) is 0 Å². The third-order valence-electron chi connectivity index (χ3n) is 11.5. The van der Waals surface area contributed by atoms with Crippen molar-refractivity contribution in [1.29, 1.82) is 0 Å². The van der Waals surface area contributed by atoms with Crippen LogP contribution in [0.5, 0.6) is 0 Å². The van der Waals surface area contributed by atoms with Crippen molar-refractivity contribution in [3.05, 3.63) is 12.2 Å². The lowest BCUT2D eigenvalue weighted by Crippen LogP contribution is -2.62. The van der Waals surface area contributed by atoms with Crippen LogP contribution in [-0.2, 0) is 28.4 Å². The highest BCUT2D eigenvalue weighted by Crippen LogP contribution is 2.56. The van der Waals surface area contributed by atoms with E-state index in [9.17, 15) is 56.2 Å². The van der Waals surface area contributed by atoms with E-state index in [0.717, 1.165) is 0 Å². The van der Waals surface area contributed by atoms with Crippen molar-refractivity contribution in [2.24, 2.45) is 17.3 Å². The number of ether oxygens (including phenoxy) is 6. The fraction of sp³-hybridized carbons (Fsp3) is 0.938. The van der Waals surface area contributed by atoms with Crippen LogP contribution in [0.15, 0.2) is 12.2 Å². The summed E-state index contributed by atoms with van der Waals surface area (Å²) in [6.07, 6.45) is -17.8. The number of fused-ring (bicyclic) bond motifs is 1. The summed E-state index contributed by atoms with van der Waals surface area (Å²) in [5.74, 6) is -0.309. The zero-order chi connectivity index (χ0) is 36.2. The minimum Gasteiger partial charge on any atom is -0.394 e. The van der Waals surface area contributed by atoms with Crippen LogP contribution in [0.1, 0.15) is 46.5 Å². The van der Waals surface area contributed by atoms with E-state index in [-0.39, 0.29) is 11.8 Å². The van der Waals surface area contributed by atoms with Crippen LogP contribution in [0.2, 0.25) is 0 Å². The van der Waals surface area contributed by atoms with E-state index in [4.69, 9.17) is 28.4 Å². The number of rotatable bonds is 10. The smallest absolute Gasteiger partial charge is 0.187 e. The molecule has 3 saturated heterocycles. The molecule has 5 aliphatic rings. The predicted octanol–water partition coefficient (Wildman–Crippen LogP) is -4.03. The maximum atomic E-state index is 11.4. The van der Waals surface area contributed by atoms with Gasteiger partial charge in [-0.1, -0.05) is 13.5 Å². The molecule has 0 unspecified atom stereocenters. The molecule has 0 spiro atoms. The number of hydrogen-bond acceptors (Lipinski definition) is 17. The zero-order valence-corrected chi connectivity index (χ0v) is 28.0. The van der Waals surface area contributed by atoms with Gasteiger partial charge in [0.1, 0.15) is 66.6 Å². The Morgan fingerprint density at radius 3 is 2.08 bits per heavy atom. The SMILES string of the molecule is C=C1[C@@H](O)[C@H](O[C@H]2O[C@@H](CO[C@H]3OC[C@@](O)(CO)[C@@H]3O)[C@H](O)[C@@H](O)[C@@H]2O)C[C@]2(C)CC[C@@H](C(C)(C)O[C@H]3O[C@@H](CO)[C@H](O)[C@@H](O)[C@@H]3O)C[C@@H]12. The Morgan fingerprint density at radius 2 is 1.47 bits per heavy atom. The minimum atomic E-state index is -1.93. The summed E-state index contributed by atoms with van der Waals surface area (Å²) in [6.45, 7) is 7.68. The average Bonchev–Trinajstić information content (AvgIpc) is 3.35. The minimum absolute atomic E-state index is 0.115. The van der Waals surface area contributed by atoms with Crippen LogP contribution in [0, 0.1) is 17.3 Å². The van der Waals surface area contributed by atoms with Crippen molar-refractivity contribution in [2.75, 3.05) is 26.4 Å². The zero-order valence-electron chi connectivity index (χ0n) is 28.0. The van der Waals surface area contributed by atoms with Crippen molar-refractivity contribution in [2.45, 2.75) is 144 Å². The summed E-state index contributed by atoms with van der Waals surface area (Å²) < 4.78 is 34.3. The molecule has 5 rings (SSSR count). The first kappa shape index (κ1) is 39.3. The van der Waals surface area contributed by atoms with Crippen LogP contribution in [0.4, 0.5) is 0 Å². The molecule has 2 saturated carbocycles. The lowest BCUT2D eigenvalue weighted by atomic mass is 9.54. The van der Waals surface area contributed by atoms with Gasteiger partial charge < -0.3 is 84.6 Å². The Hall–Kier alpha value is -0.940. The van der Waals surface area contributed by atoms with Crippen LogP contribution in [0.3, 0.4) is 0 Å². The third-order valence-corrected chi connectivity index (χ3v) is 11.5. The van der Waals surface area contributed by atoms with E-state index >= 15 is 0 Å². The average molecular weight is 711 g/mol. The molecule has 3 heterocycles. The first-order valence-corrected chi connectivity index (χ1v) is 16.8. The topological polar surface area (TPSA) is 278 Å². The first-order valence-electron chi connectivity index (χ1n) is 16.8. The lowest BCUT2D eigenvalue weighted by Gasteiger charge is -2.55. The Kier molecular flexibility index (Phi) is 11.9. The summed E-state index contributed by atoms with van der Waals surface area (Å²) in [7, 11) is 0. The molecular formula is C32H54O17. The quantitative estimate of drug-likeness (QED) is 0.0761. The molecule has 2 aliphatic carbocycles. The molecule has 0 bridgehead atoms. The first-order chi connectivity index (χ1) is 22.9. The fourth-order valence-corrected chi connectivity index (χ4v) is 8.00. The van der Waals surface area contributed by atoms with Gasteiger partial charge in [-0.25, -0.2) is 0 Å². The molecule has 0 aromatic rings. The molecule has 0 aromatic heterocycles. The molecule has 0 radical (unpaired) electrons. The van der Waals surface area contributed by atoms with Gasteiger partial charge in [0, 0.05) is 0 Å². The standard InChI is InChI=1S/C32H54O17/c1-13-15-7-14(30(2,3)49-28-25(41)22(38)20(36)17(9-33)47-28)5-6-31(15,4)8-16(19(13)35)46-27-24(40)23(39)21(37)18(48-27)10-44-29-26(42)32(43,11-34)12-45-29/h14-29,33-43H,1,5-12H2,2-4H3/t14-,15+,16-,17+,18+,19-,20+,21+,22-,23-,24+,25+,26-,27+,28-,29+,31+,32+/m1/s1. The Bertz CT molecular complexity index is 1140. The van der Waals surface area contributed by atoms with Crippen molar-refractivity contribution in [1.82, 2.24) is 0 Å². The molecule has 5 fully saturated rings. The van der Waals surface area contributed by atoms with Gasteiger partial charge in [0.15, 0.2) is 18.9 Å². The second-order valence-corrected chi connectivity index (χ2v) is 15.2. The molecule has 0 aromatic carbocycles. The number of hydrogen-bond donors (Lipinski definition) is 11. The van der Waals surface area contributed by atoms with E-state index < -0.39 is 129 Å². The Labute approximate surface area is 284 Å². The van der Waals surface area contributed by atoms with Gasteiger partial charge in [-0.05, 0) is 62.4 Å². The lowest BCUT2D eigenvalue weighted by molar-refractivity contribution is -0.332. The summed E-state index contributed by atoms with van der Waals surface area (Å²) in [6, 6.07) is 0. The molecule has 17 nitrogen and oxygen atoms in total. The highest BCUT2D eigenvalue weighted by atomic mass is 16.7. The third kappa shape index (κ3) is 7.48. The highest BCUT2D eigenvalue weighted by Gasteiger charge is 2.55. The van der Waals surface area contributed by atoms with Gasteiger partial charge in [-0.15, -0.1) is 0 Å². The molecule has 11 N–H and O–H groups in total. The van der Waals surface area contributed by atoms with Crippen molar-refractivity contribution < 1.29 is 84.6 Å². The summed E-state index contributed by atoms with van der Waals surface area (Å²) >= 11 is 0. The van der Waals surface area contributed by atoms with Crippen LogP contribution in [0.25, 0.3) is 0 Å². The van der Waals surface area contributed by atoms with Crippen molar-refractivity contribution in [3.8, 4) is 0 Å². The summed E-state index contributed by atoms with van der Waals surface area (Å²) in [5.41, 5.74) is -2.77. The van der Waals surface area contributed by atoms with Gasteiger partial charge in [0.2, 0.25) is 0 Å². The maximum Gasteiger partial charge on any atom is 0.187 e. The molecule has 284 valence electrons. The van der Waals surface area contributed by atoms with Crippen LogP contribution < -0.4 is 0 Å². The monoisotopic (exact) mass is 710 g/mol. The van der Waals surface area contributed by atoms with Crippen molar-refractivity contribution >= 4 is 0 Å². The molecule has 49 heavy (non-hydrogen) atoms. The Morgan fingerprint density at radius 1 is 0.857 bits per heavy atom. The fourth-order valence-electron chi connectivity index (χ4n) is 8.00. The van der Waals surface area contributed by atoms with Gasteiger partial charge in [-0.3, -0.25) is 0 Å². The molecule has 17 heteroatoms. The predicted molar refractivity (Wildman–Crippen MR) is 163 cm³/mol. The molecule has 3 aliphatic heterocycles. The van der Waals surface area contributed by atoms with Gasteiger partial charge in [0.25, 0.3) is 0 Å². The normalized spacial score (nSPS) is 51.1. The van der Waals surface area contributed by atoms with Crippen LogP contribution >= 0.6 is 0 Å². The molecular weight excluding hydrogens is 656 g/mol. The largest absolute Gasteiger partial charge is 0.394 e. The number of aliphatic hydroxyl groups excluding tert-OH is 10. The van der Waals surface area contributed by atoms with E-state index in [1.165, 1.54) is 0 Å².